The standard InChI is InChI=1S/C20H28N4O3S/c1-15-18(14-21-24(15)20(2,3)4)19(25)22-16-9-8-10-17(13-16)28(26,27)23-11-6-5-7-12-23/h8-10,13-14H,5-7,11-12H2,1-4H3,(H,22,25). The fourth-order valence-electron chi connectivity index (χ4n) is 3.50. The monoisotopic (exact) mass is 404 g/mol. The topological polar surface area (TPSA) is 84.3 Å². The molecule has 0 aliphatic carbocycles. The van der Waals surface area contributed by atoms with Gasteiger partial charge in [0.2, 0.25) is 10.0 Å². The second kappa shape index (κ2) is 7.67. The Morgan fingerprint density at radius 1 is 1.14 bits per heavy atom. The van der Waals surface area contributed by atoms with Crippen molar-refractivity contribution in [1.29, 1.82) is 0 Å². The maximum absolute atomic E-state index is 12.9. The predicted molar refractivity (Wildman–Crippen MR) is 109 cm³/mol. The van der Waals surface area contributed by atoms with E-state index in [0.29, 0.717) is 24.3 Å². The summed E-state index contributed by atoms with van der Waals surface area (Å²) < 4.78 is 29.1. The minimum absolute atomic E-state index is 0.203. The Morgan fingerprint density at radius 2 is 1.82 bits per heavy atom. The van der Waals surface area contributed by atoms with E-state index >= 15 is 0 Å². The maximum atomic E-state index is 12.9. The molecule has 0 saturated carbocycles. The van der Waals surface area contributed by atoms with Gasteiger partial charge < -0.3 is 5.32 Å². The second-order valence-corrected chi connectivity index (χ2v) is 10.1. The van der Waals surface area contributed by atoms with Gasteiger partial charge >= 0.3 is 0 Å². The quantitative estimate of drug-likeness (QED) is 0.847. The first-order valence-corrected chi connectivity index (χ1v) is 11.0. The van der Waals surface area contributed by atoms with Crippen LogP contribution in [0.4, 0.5) is 5.69 Å². The molecule has 2 aromatic rings. The van der Waals surface area contributed by atoms with E-state index in [9.17, 15) is 13.2 Å². The fourth-order valence-corrected chi connectivity index (χ4v) is 5.06. The van der Waals surface area contributed by atoms with Crippen molar-refractivity contribution in [2.75, 3.05) is 18.4 Å². The zero-order chi connectivity index (χ0) is 20.5. The summed E-state index contributed by atoms with van der Waals surface area (Å²) in [6, 6.07) is 6.43. The van der Waals surface area contributed by atoms with Crippen molar-refractivity contribution in [3.05, 3.63) is 41.7 Å². The van der Waals surface area contributed by atoms with E-state index in [0.717, 1.165) is 25.0 Å². The van der Waals surface area contributed by atoms with Gasteiger partial charge in [-0.2, -0.15) is 9.40 Å². The van der Waals surface area contributed by atoms with Crippen LogP contribution in [0.5, 0.6) is 0 Å². The molecule has 1 aromatic heterocycles. The van der Waals surface area contributed by atoms with Crippen LogP contribution >= 0.6 is 0 Å². The summed E-state index contributed by atoms with van der Waals surface area (Å²) in [4.78, 5) is 12.9. The number of hydrogen-bond donors (Lipinski definition) is 1. The Hall–Kier alpha value is -2.19. The molecule has 7 nitrogen and oxygen atoms in total. The number of rotatable bonds is 4. The van der Waals surface area contributed by atoms with Crippen LogP contribution in [-0.2, 0) is 15.6 Å². The molecule has 28 heavy (non-hydrogen) atoms. The number of aromatic nitrogens is 2. The lowest BCUT2D eigenvalue weighted by Gasteiger charge is -2.26. The van der Waals surface area contributed by atoms with Gasteiger partial charge in [0.05, 0.1) is 22.2 Å². The third-order valence-corrected chi connectivity index (χ3v) is 6.83. The number of carbonyl (C=O) groups excluding carboxylic acids is 1. The van der Waals surface area contributed by atoms with Gasteiger partial charge in [-0.25, -0.2) is 8.42 Å². The molecule has 1 fully saturated rings. The lowest BCUT2D eigenvalue weighted by atomic mass is 10.1. The van der Waals surface area contributed by atoms with Crippen LogP contribution in [0.2, 0.25) is 0 Å². The minimum Gasteiger partial charge on any atom is -0.322 e. The molecule has 2 heterocycles. The van der Waals surface area contributed by atoms with Crippen molar-refractivity contribution in [3.8, 4) is 0 Å². The molecule has 0 atom stereocenters. The summed E-state index contributed by atoms with van der Waals surface area (Å²) in [5.74, 6) is -0.305. The van der Waals surface area contributed by atoms with Crippen LogP contribution < -0.4 is 5.32 Å². The first-order chi connectivity index (χ1) is 13.1. The van der Waals surface area contributed by atoms with E-state index in [1.165, 1.54) is 10.4 Å². The van der Waals surface area contributed by atoms with Crippen molar-refractivity contribution in [1.82, 2.24) is 14.1 Å². The van der Waals surface area contributed by atoms with E-state index in [2.05, 4.69) is 10.4 Å². The van der Waals surface area contributed by atoms with Gasteiger partial charge in [0.1, 0.15) is 0 Å². The summed E-state index contributed by atoms with van der Waals surface area (Å²) in [5.41, 5.74) is 1.46. The lowest BCUT2D eigenvalue weighted by molar-refractivity contribution is 0.102. The highest BCUT2D eigenvalue weighted by Gasteiger charge is 2.26. The fraction of sp³-hybridized carbons (Fsp3) is 0.500. The van der Waals surface area contributed by atoms with Gasteiger partial charge in [-0.15, -0.1) is 0 Å². The molecular weight excluding hydrogens is 376 g/mol. The number of benzene rings is 1. The zero-order valence-electron chi connectivity index (χ0n) is 16.9. The Kier molecular flexibility index (Phi) is 5.63. The smallest absolute Gasteiger partial charge is 0.259 e. The van der Waals surface area contributed by atoms with Gasteiger partial charge in [-0.05, 0) is 58.7 Å². The van der Waals surface area contributed by atoms with Crippen LogP contribution in [0.25, 0.3) is 0 Å². The second-order valence-electron chi connectivity index (χ2n) is 8.17. The van der Waals surface area contributed by atoms with Crippen molar-refractivity contribution in [2.24, 2.45) is 0 Å². The van der Waals surface area contributed by atoms with Gasteiger partial charge in [-0.3, -0.25) is 9.48 Å². The Morgan fingerprint density at radius 3 is 2.43 bits per heavy atom. The highest BCUT2D eigenvalue weighted by atomic mass is 32.2. The number of nitrogens with one attached hydrogen (secondary N) is 1. The Labute approximate surface area is 166 Å². The zero-order valence-corrected chi connectivity index (χ0v) is 17.7. The first-order valence-electron chi connectivity index (χ1n) is 9.57. The molecule has 0 radical (unpaired) electrons. The summed E-state index contributed by atoms with van der Waals surface area (Å²) in [7, 11) is -3.54. The molecule has 8 heteroatoms. The molecular formula is C20H28N4O3S. The van der Waals surface area contributed by atoms with E-state index in [1.54, 1.807) is 29.1 Å². The van der Waals surface area contributed by atoms with Crippen LogP contribution in [-0.4, -0.2) is 41.5 Å². The van der Waals surface area contributed by atoms with Crippen LogP contribution in [0.1, 0.15) is 56.1 Å². The molecule has 1 amide bonds. The molecule has 0 bridgehead atoms. The van der Waals surface area contributed by atoms with E-state index in [-0.39, 0.29) is 16.3 Å². The molecule has 1 aliphatic heterocycles. The number of carbonyl (C=O) groups is 1. The van der Waals surface area contributed by atoms with Crippen LogP contribution in [0, 0.1) is 6.92 Å². The average Bonchev–Trinajstić information content (AvgIpc) is 3.04. The summed E-state index contributed by atoms with van der Waals surface area (Å²) in [6.45, 7) is 9.00. The average molecular weight is 405 g/mol. The molecule has 1 aromatic carbocycles. The van der Waals surface area contributed by atoms with Crippen molar-refractivity contribution < 1.29 is 13.2 Å². The van der Waals surface area contributed by atoms with Crippen LogP contribution in [0.3, 0.4) is 0 Å². The van der Waals surface area contributed by atoms with Gasteiger partial charge in [0.15, 0.2) is 0 Å². The van der Waals surface area contributed by atoms with E-state index in [1.807, 2.05) is 27.7 Å². The van der Waals surface area contributed by atoms with Crippen molar-refractivity contribution in [3.63, 3.8) is 0 Å². The minimum atomic E-state index is -3.54. The molecule has 3 rings (SSSR count). The highest BCUT2D eigenvalue weighted by Crippen LogP contribution is 2.24. The molecule has 152 valence electrons. The van der Waals surface area contributed by atoms with Crippen LogP contribution in [0.15, 0.2) is 35.4 Å². The highest BCUT2D eigenvalue weighted by molar-refractivity contribution is 7.89. The largest absolute Gasteiger partial charge is 0.322 e. The Bertz CT molecular complexity index is 968. The molecule has 0 spiro atoms. The van der Waals surface area contributed by atoms with Gasteiger partial charge in [0, 0.05) is 24.5 Å². The summed E-state index contributed by atoms with van der Waals surface area (Å²) >= 11 is 0. The van der Waals surface area contributed by atoms with Crippen molar-refractivity contribution >= 4 is 21.6 Å². The number of anilines is 1. The maximum Gasteiger partial charge on any atom is 0.259 e. The molecule has 1 N–H and O–H groups in total. The first kappa shape index (κ1) is 20.5. The third-order valence-electron chi connectivity index (χ3n) is 4.93. The lowest BCUT2D eigenvalue weighted by Crippen LogP contribution is -2.35. The van der Waals surface area contributed by atoms with Gasteiger partial charge in [-0.1, -0.05) is 12.5 Å². The third kappa shape index (κ3) is 4.12. The normalized spacial score (nSPS) is 16.1. The van der Waals surface area contributed by atoms with Crippen molar-refractivity contribution in [2.45, 2.75) is 57.4 Å². The summed E-state index contributed by atoms with van der Waals surface area (Å²) in [6.07, 6.45) is 4.37. The predicted octanol–water partition coefficient (Wildman–Crippen LogP) is 3.37. The number of piperidine rings is 1. The number of nitrogens with zero attached hydrogens (tertiary/aromatic N) is 3. The molecule has 0 unspecified atom stereocenters. The van der Waals surface area contributed by atoms with E-state index in [4.69, 9.17) is 0 Å². The van der Waals surface area contributed by atoms with Gasteiger partial charge in [0.25, 0.3) is 5.91 Å². The molecule has 1 aliphatic rings. The number of hydrogen-bond acceptors (Lipinski definition) is 4. The molecule has 1 saturated heterocycles. The number of sulfonamides is 1. The van der Waals surface area contributed by atoms with E-state index < -0.39 is 10.0 Å². The number of amides is 1. The SMILES string of the molecule is Cc1c(C(=O)Nc2cccc(S(=O)(=O)N3CCCCC3)c2)cnn1C(C)(C)C. The Balaban J connectivity index is 1.82. The summed E-state index contributed by atoms with van der Waals surface area (Å²) in [5, 5.41) is 7.12.